The summed E-state index contributed by atoms with van der Waals surface area (Å²) in [4.78, 5) is 49.2. The number of carbonyl (C=O) groups is 3. The van der Waals surface area contributed by atoms with Crippen LogP contribution in [0.1, 0.15) is 219 Å². The van der Waals surface area contributed by atoms with Crippen LogP contribution >= 0.6 is 7.82 Å². The molecule has 0 heterocycles. The van der Waals surface area contributed by atoms with Crippen LogP contribution in [0, 0.1) is 0 Å². The quantitative estimate of drug-likeness (QED) is 0.0265. The first-order chi connectivity index (χ1) is 28.2. The zero-order valence-electron chi connectivity index (χ0n) is 38.0. The van der Waals surface area contributed by atoms with Crippen molar-refractivity contribution in [3.8, 4) is 0 Å². The number of rotatable bonds is 45. The van der Waals surface area contributed by atoms with Crippen LogP contribution in [0.5, 0.6) is 0 Å². The molecule has 0 aromatic rings. The van der Waals surface area contributed by atoms with E-state index in [1.807, 2.05) is 0 Å². The molecule has 59 heavy (non-hydrogen) atoms. The number of alkyl carbamates (subject to hydrolysis) is 1. The van der Waals surface area contributed by atoms with Gasteiger partial charge in [-0.25, -0.2) is 4.79 Å². The van der Waals surface area contributed by atoms with Gasteiger partial charge in [0.15, 0.2) is 6.10 Å². The van der Waals surface area contributed by atoms with Crippen LogP contribution in [-0.2, 0) is 42.1 Å². The maximum absolute atomic E-state index is 12.7. The molecular formula is C45H89N2O11P-2. The summed E-state index contributed by atoms with van der Waals surface area (Å²) in [5, 5.41) is 2.36. The summed E-state index contributed by atoms with van der Waals surface area (Å²) < 4.78 is 42.7. The Kier molecular flexibility index (Phi) is 46.0. The van der Waals surface area contributed by atoms with Gasteiger partial charge < -0.3 is 44.4 Å². The Morgan fingerprint density at radius 3 is 1.31 bits per heavy atom. The van der Waals surface area contributed by atoms with Crippen molar-refractivity contribution in [3.63, 3.8) is 0 Å². The molecule has 1 amide bonds. The van der Waals surface area contributed by atoms with Crippen molar-refractivity contribution >= 4 is 25.9 Å². The average Bonchev–Trinajstić information content (AvgIpc) is 3.20. The molecule has 2 atom stereocenters. The molecule has 0 aromatic heterocycles. The number of nitrogens with two attached hydrogens (primary N) is 1. The number of hydrogen-bond donors (Lipinski definition) is 1. The molecule has 13 nitrogen and oxygen atoms in total. The summed E-state index contributed by atoms with van der Waals surface area (Å²) >= 11 is 0. The van der Waals surface area contributed by atoms with E-state index in [0.29, 0.717) is 12.8 Å². The number of phosphoric acid groups is 1. The zero-order chi connectivity index (χ0) is 42.6. The zero-order valence-corrected chi connectivity index (χ0v) is 38.9. The molecule has 0 aliphatic carbocycles. The molecule has 0 rings (SSSR count). The van der Waals surface area contributed by atoms with Gasteiger partial charge in [-0.1, -0.05) is 194 Å². The number of hydrogen-bond acceptors (Lipinski definition) is 11. The molecule has 14 heteroatoms. The fourth-order valence-corrected chi connectivity index (χ4v) is 7.43. The molecule has 1 unspecified atom stereocenters. The summed E-state index contributed by atoms with van der Waals surface area (Å²) in [7, 11) is -3.34. The SMILES string of the molecule is CCCCCCCCCCCCCCCCCC(=O)OC[C@H](COP(=O)([O-])OCCNC(=O)OCCOC)OC(=O)CCCCCCCCCCCCCCCCC.[NH2-]. The minimum atomic E-state index is -4.82. The second kappa shape index (κ2) is 45.8. The summed E-state index contributed by atoms with van der Waals surface area (Å²) in [5.74, 6) is -0.928. The maximum Gasteiger partial charge on any atom is 0.407 e. The van der Waals surface area contributed by atoms with Gasteiger partial charge >= 0.3 is 18.0 Å². The standard InChI is InChI=1S/C45H88NO11P.H2N/c1-4-6-8-10-12-14-16-18-20-22-24-26-28-30-32-34-43(47)54-40-42(41-56-58(50,51)55-37-36-46-45(49)53-39-38-52-3)57-44(48)35-33-31-29-27-25-23-21-19-17-15-13-11-9-7-5-2;/h42H,4-41H2,1-3H3,(H,46,49)(H,50,51);1H2/q;-1/p-1/t42-;/m1./s1. The van der Waals surface area contributed by atoms with E-state index in [-0.39, 0.29) is 45.4 Å². The van der Waals surface area contributed by atoms with Gasteiger partial charge in [0.2, 0.25) is 0 Å². The lowest BCUT2D eigenvalue weighted by molar-refractivity contribution is -0.228. The Morgan fingerprint density at radius 2 is 0.898 bits per heavy atom. The molecular weight excluding hydrogens is 775 g/mol. The van der Waals surface area contributed by atoms with Crippen molar-refractivity contribution in [2.24, 2.45) is 0 Å². The predicted molar refractivity (Wildman–Crippen MR) is 236 cm³/mol. The van der Waals surface area contributed by atoms with Gasteiger partial charge in [0, 0.05) is 26.5 Å². The van der Waals surface area contributed by atoms with Gasteiger partial charge in [-0.15, -0.1) is 0 Å². The fraction of sp³-hybridized carbons (Fsp3) is 0.933. The Morgan fingerprint density at radius 1 is 0.508 bits per heavy atom. The van der Waals surface area contributed by atoms with Gasteiger partial charge in [-0.3, -0.25) is 14.2 Å². The van der Waals surface area contributed by atoms with Gasteiger partial charge in [-0.2, -0.15) is 0 Å². The van der Waals surface area contributed by atoms with E-state index in [0.717, 1.165) is 38.5 Å². The first kappa shape index (κ1) is 59.3. The molecule has 0 aliphatic heterocycles. The summed E-state index contributed by atoms with van der Waals surface area (Å²) in [6.07, 6.45) is 35.3. The number of phosphoric ester groups is 1. The maximum atomic E-state index is 12.7. The minimum Gasteiger partial charge on any atom is -0.756 e. The number of ether oxygens (including phenoxy) is 4. The van der Waals surface area contributed by atoms with Gasteiger partial charge in [0.05, 0.1) is 19.8 Å². The van der Waals surface area contributed by atoms with E-state index in [1.54, 1.807) is 0 Å². The predicted octanol–water partition coefficient (Wildman–Crippen LogP) is 12.6. The van der Waals surface area contributed by atoms with Crippen molar-refractivity contribution in [1.29, 1.82) is 0 Å². The Bertz CT molecular complexity index is 992. The highest BCUT2D eigenvalue weighted by atomic mass is 31.2. The number of unbranched alkanes of at least 4 members (excludes halogenated alkanes) is 28. The molecule has 0 spiro atoms. The van der Waals surface area contributed by atoms with Crippen LogP contribution in [0.4, 0.5) is 4.79 Å². The summed E-state index contributed by atoms with van der Waals surface area (Å²) in [5.41, 5.74) is 0. The lowest BCUT2D eigenvalue weighted by Gasteiger charge is -2.25. The van der Waals surface area contributed by atoms with Crippen molar-refractivity contribution < 1.29 is 51.8 Å². The van der Waals surface area contributed by atoms with Crippen LogP contribution in [0.3, 0.4) is 0 Å². The third-order valence-electron chi connectivity index (χ3n) is 10.3. The van der Waals surface area contributed by atoms with Crippen LogP contribution < -0.4 is 10.2 Å². The molecule has 352 valence electrons. The second-order valence-electron chi connectivity index (χ2n) is 15.8. The first-order valence-corrected chi connectivity index (χ1v) is 25.0. The normalized spacial score (nSPS) is 12.7. The smallest absolute Gasteiger partial charge is 0.407 e. The third kappa shape index (κ3) is 45.6. The third-order valence-corrected chi connectivity index (χ3v) is 11.2. The summed E-state index contributed by atoms with van der Waals surface area (Å²) in [6.45, 7) is 3.36. The lowest BCUT2D eigenvalue weighted by atomic mass is 10.0. The molecule has 0 saturated heterocycles. The molecule has 0 saturated carbocycles. The van der Waals surface area contributed by atoms with Crippen LogP contribution in [0.25, 0.3) is 6.15 Å². The Balaban J connectivity index is 0. The minimum absolute atomic E-state index is 0. The van der Waals surface area contributed by atoms with Crippen molar-refractivity contribution in [1.82, 2.24) is 5.32 Å². The topological polar surface area (TPSA) is 192 Å². The van der Waals surface area contributed by atoms with Crippen LogP contribution in [0.15, 0.2) is 0 Å². The van der Waals surface area contributed by atoms with Gasteiger partial charge in [0.25, 0.3) is 7.82 Å². The molecule has 0 fully saturated rings. The highest BCUT2D eigenvalue weighted by Crippen LogP contribution is 2.38. The molecule has 0 bridgehead atoms. The highest BCUT2D eigenvalue weighted by Gasteiger charge is 2.21. The van der Waals surface area contributed by atoms with E-state index in [4.69, 9.17) is 28.0 Å². The van der Waals surface area contributed by atoms with Crippen LogP contribution in [0.2, 0.25) is 0 Å². The monoisotopic (exact) mass is 865 g/mol. The number of methoxy groups -OCH3 is 1. The Labute approximate surface area is 360 Å². The van der Waals surface area contributed by atoms with Crippen molar-refractivity contribution in [2.45, 2.75) is 225 Å². The Hall–Kier alpha value is -1.76. The average molecular weight is 865 g/mol. The molecule has 0 radical (unpaired) electrons. The lowest BCUT2D eigenvalue weighted by Crippen LogP contribution is -2.31. The number of amides is 1. The molecule has 0 aromatic carbocycles. The van der Waals surface area contributed by atoms with E-state index >= 15 is 0 Å². The van der Waals surface area contributed by atoms with E-state index in [1.165, 1.54) is 148 Å². The number of nitrogens with one attached hydrogen (secondary N) is 1. The van der Waals surface area contributed by atoms with Crippen molar-refractivity contribution in [2.75, 3.05) is 46.7 Å². The molecule has 3 N–H and O–H groups in total. The van der Waals surface area contributed by atoms with Gasteiger partial charge in [0.1, 0.15) is 13.2 Å². The number of esters is 2. The first-order valence-electron chi connectivity index (χ1n) is 23.6. The fourth-order valence-electron chi connectivity index (χ4n) is 6.69. The van der Waals surface area contributed by atoms with E-state index in [9.17, 15) is 23.8 Å². The second-order valence-corrected chi connectivity index (χ2v) is 17.2. The highest BCUT2D eigenvalue weighted by molar-refractivity contribution is 7.45. The number of carbonyl (C=O) groups excluding carboxylic acids is 3. The van der Waals surface area contributed by atoms with Gasteiger partial charge in [-0.05, 0) is 12.8 Å². The van der Waals surface area contributed by atoms with E-state index < -0.39 is 45.2 Å². The molecule has 0 aliphatic rings. The van der Waals surface area contributed by atoms with Crippen LogP contribution in [-0.4, -0.2) is 70.8 Å². The largest absolute Gasteiger partial charge is 0.756 e. The van der Waals surface area contributed by atoms with Crippen molar-refractivity contribution in [3.05, 3.63) is 6.15 Å². The van der Waals surface area contributed by atoms with E-state index in [2.05, 4.69) is 19.2 Å². The summed E-state index contributed by atoms with van der Waals surface area (Å²) in [6, 6.07) is 0.